The Labute approximate surface area is 111 Å². The van der Waals surface area contributed by atoms with Crippen LogP contribution in [0.3, 0.4) is 0 Å². The number of aliphatic imine (C=N–C) groups is 1. The van der Waals surface area contributed by atoms with Crippen molar-refractivity contribution in [1.82, 2.24) is 5.32 Å². The number of nitrogens with one attached hydrogen (secondary N) is 1. The molecule has 2 heterocycles. The van der Waals surface area contributed by atoms with Crippen LogP contribution in [0.1, 0.15) is 11.6 Å². The number of hydrogen-bond acceptors (Lipinski definition) is 5. The Morgan fingerprint density at radius 3 is 2.84 bits per heavy atom. The highest BCUT2D eigenvalue weighted by atomic mass is 16.5. The molecule has 0 amide bonds. The van der Waals surface area contributed by atoms with Crippen molar-refractivity contribution in [3.63, 3.8) is 0 Å². The van der Waals surface area contributed by atoms with Gasteiger partial charge in [-0.2, -0.15) is 5.26 Å². The van der Waals surface area contributed by atoms with Gasteiger partial charge < -0.3 is 14.8 Å². The van der Waals surface area contributed by atoms with E-state index in [0.29, 0.717) is 37.1 Å². The lowest BCUT2D eigenvalue weighted by Crippen LogP contribution is -2.17. The van der Waals surface area contributed by atoms with Crippen LogP contribution in [0.4, 0.5) is 0 Å². The number of ether oxygens (including phenoxy) is 2. The summed E-state index contributed by atoms with van der Waals surface area (Å²) in [6, 6.07) is 12.1. The van der Waals surface area contributed by atoms with Crippen molar-refractivity contribution in [1.29, 1.82) is 5.26 Å². The van der Waals surface area contributed by atoms with Crippen molar-refractivity contribution in [2.45, 2.75) is 6.04 Å². The van der Waals surface area contributed by atoms with Crippen molar-refractivity contribution >= 4 is 5.90 Å². The van der Waals surface area contributed by atoms with Gasteiger partial charge in [0.1, 0.15) is 19.3 Å². The smallest absolute Gasteiger partial charge is 0.232 e. The molecule has 5 heteroatoms. The van der Waals surface area contributed by atoms with Gasteiger partial charge in [0.15, 0.2) is 5.57 Å². The summed E-state index contributed by atoms with van der Waals surface area (Å²) in [5.74, 6) is 0.829. The Kier molecular flexibility index (Phi) is 3.07. The van der Waals surface area contributed by atoms with E-state index in [4.69, 9.17) is 9.47 Å². The Morgan fingerprint density at radius 2 is 2.16 bits per heavy atom. The highest BCUT2D eigenvalue weighted by molar-refractivity contribution is 5.98. The Balaban J connectivity index is 1.83. The topological polar surface area (TPSA) is 66.6 Å². The lowest BCUT2D eigenvalue weighted by molar-refractivity contribution is 0.252. The Hall–Kier alpha value is -2.48. The molecule has 0 unspecified atom stereocenters. The van der Waals surface area contributed by atoms with E-state index in [9.17, 15) is 5.26 Å². The summed E-state index contributed by atoms with van der Waals surface area (Å²) in [5.41, 5.74) is 1.47. The van der Waals surface area contributed by atoms with Gasteiger partial charge in [-0.05, 0) is 5.56 Å². The molecule has 0 spiro atoms. The maximum absolute atomic E-state index is 9.21. The third-order valence-electron chi connectivity index (χ3n) is 3.04. The number of benzene rings is 1. The highest BCUT2D eigenvalue weighted by Gasteiger charge is 2.27. The van der Waals surface area contributed by atoms with Crippen LogP contribution in [0.5, 0.6) is 0 Å². The first kappa shape index (κ1) is 11.6. The molecule has 0 radical (unpaired) electrons. The lowest BCUT2D eigenvalue weighted by atomic mass is 10.1. The zero-order valence-corrected chi connectivity index (χ0v) is 10.3. The zero-order chi connectivity index (χ0) is 13.1. The largest absolute Gasteiger partial charge is 0.476 e. The van der Waals surface area contributed by atoms with Crippen molar-refractivity contribution in [3.05, 3.63) is 47.4 Å². The maximum Gasteiger partial charge on any atom is 0.232 e. The molecule has 0 aliphatic carbocycles. The average molecular weight is 255 g/mol. The zero-order valence-electron chi connectivity index (χ0n) is 10.3. The summed E-state index contributed by atoms with van der Waals surface area (Å²) in [6.07, 6.45) is 0. The fourth-order valence-electron chi connectivity index (χ4n) is 2.10. The van der Waals surface area contributed by atoms with Gasteiger partial charge in [0, 0.05) is 0 Å². The molecule has 1 N–H and O–H groups in total. The molecule has 3 rings (SSSR count). The van der Waals surface area contributed by atoms with Gasteiger partial charge in [-0.25, -0.2) is 4.99 Å². The van der Waals surface area contributed by atoms with Crippen LogP contribution in [0, 0.1) is 11.3 Å². The molecule has 96 valence electrons. The van der Waals surface area contributed by atoms with Crippen molar-refractivity contribution < 1.29 is 9.47 Å². The van der Waals surface area contributed by atoms with Crippen LogP contribution in [-0.4, -0.2) is 25.7 Å². The molecule has 1 aromatic rings. The normalized spacial score (nSPS) is 23.7. The first-order chi connectivity index (χ1) is 9.38. The molecule has 0 bridgehead atoms. The number of rotatable bonds is 2. The number of nitriles is 1. The lowest BCUT2D eigenvalue weighted by Gasteiger charge is -2.08. The fourth-order valence-corrected chi connectivity index (χ4v) is 2.10. The minimum Gasteiger partial charge on any atom is -0.476 e. The summed E-state index contributed by atoms with van der Waals surface area (Å²) in [5, 5.41) is 12.4. The number of hydrogen-bond donors (Lipinski definition) is 1. The monoisotopic (exact) mass is 255 g/mol. The fraction of sp³-hybridized carbons (Fsp3) is 0.286. The molecule has 2 aliphatic rings. The molecule has 19 heavy (non-hydrogen) atoms. The summed E-state index contributed by atoms with van der Waals surface area (Å²) in [7, 11) is 0. The minimum atomic E-state index is 0.0570. The van der Waals surface area contributed by atoms with Crippen molar-refractivity contribution in [2.24, 2.45) is 4.99 Å². The van der Waals surface area contributed by atoms with Crippen molar-refractivity contribution in [2.75, 3.05) is 19.8 Å². The van der Waals surface area contributed by atoms with Gasteiger partial charge in [-0.1, -0.05) is 30.3 Å². The predicted molar refractivity (Wildman–Crippen MR) is 69.2 cm³/mol. The third-order valence-corrected chi connectivity index (χ3v) is 3.04. The molecule has 1 saturated heterocycles. The molecular formula is C14H13N3O2. The second-order valence-corrected chi connectivity index (χ2v) is 4.27. The summed E-state index contributed by atoms with van der Waals surface area (Å²) < 4.78 is 10.9. The molecule has 1 fully saturated rings. The summed E-state index contributed by atoms with van der Waals surface area (Å²) in [4.78, 5) is 4.14. The van der Waals surface area contributed by atoms with E-state index in [1.807, 2.05) is 30.3 Å². The molecule has 0 saturated carbocycles. The molecule has 1 aromatic carbocycles. The van der Waals surface area contributed by atoms with E-state index in [-0.39, 0.29) is 6.04 Å². The number of nitrogens with zero attached hydrogens (tertiary/aromatic N) is 2. The highest BCUT2D eigenvalue weighted by Crippen LogP contribution is 2.24. The molecular weight excluding hydrogens is 242 g/mol. The minimum absolute atomic E-state index is 0.0570. The van der Waals surface area contributed by atoms with Gasteiger partial charge in [0.2, 0.25) is 11.8 Å². The van der Waals surface area contributed by atoms with Crippen LogP contribution in [0.15, 0.2) is 46.8 Å². The van der Waals surface area contributed by atoms with Gasteiger partial charge in [0.25, 0.3) is 0 Å². The molecule has 1 atom stereocenters. The SMILES string of the molecule is N#CC(C1=NCCO1)=C1N[C@@H](c2ccccc2)CO1. The Morgan fingerprint density at radius 1 is 1.32 bits per heavy atom. The van der Waals surface area contributed by atoms with E-state index < -0.39 is 0 Å². The summed E-state index contributed by atoms with van der Waals surface area (Å²) >= 11 is 0. The van der Waals surface area contributed by atoms with Crippen LogP contribution < -0.4 is 5.32 Å². The quantitative estimate of drug-likeness (QED) is 0.813. The third kappa shape index (κ3) is 2.25. The first-order valence-corrected chi connectivity index (χ1v) is 6.15. The summed E-state index contributed by atoms with van der Waals surface area (Å²) in [6.45, 7) is 1.61. The van der Waals surface area contributed by atoms with E-state index >= 15 is 0 Å². The van der Waals surface area contributed by atoms with Crippen LogP contribution >= 0.6 is 0 Å². The van der Waals surface area contributed by atoms with Crippen LogP contribution in [0.2, 0.25) is 0 Å². The standard InChI is InChI=1S/C14H13N3O2/c15-8-11(13-16-6-7-18-13)14-17-12(9-19-14)10-4-2-1-3-5-10/h1-5,12,17H,6-7,9H2/t12-/m1/s1. The second-order valence-electron chi connectivity index (χ2n) is 4.27. The molecule has 0 aromatic heterocycles. The van der Waals surface area contributed by atoms with E-state index in [1.54, 1.807) is 0 Å². The molecule has 2 aliphatic heterocycles. The van der Waals surface area contributed by atoms with Crippen LogP contribution in [0.25, 0.3) is 0 Å². The Bertz CT molecular complexity index is 572. The molecule has 5 nitrogen and oxygen atoms in total. The van der Waals surface area contributed by atoms with E-state index in [1.165, 1.54) is 0 Å². The maximum atomic E-state index is 9.21. The van der Waals surface area contributed by atoms with E-state index in [0.717, 1.165) is 5.56 Å². The predicted octanol–water partition coefficient (Wildman–Crippen LogP) is 1.51. The second kappa shape index (κ2) is 5.02. The van der Waals surface area contributed by atoms with E-state index in [2.05, 4.69) is 16.4 Å². The van der Waals surface area contributed by atoms with Gasteiger partial charge in [0.05, 0.1) is 12.6 Å². The van der Waals surface area contributed by atoms with Crippen LogP contribution in [-0.2, 0) is 9.47 Å². The van der Waals surface area contributed by atoms with Gasteiger partial charge >= 0.3 is 0 Å². The average Bonchev–Trinajstić information content (AvgIpc) is 3.12. The first-order valence-electron chi connectivity index (χ1n) is 6.15. The van der Waals surface area contributed by atoms with Crippen molar-refractivity contribution in [3.8, 4) is 6.07 Å². The van der Waals surface area contributed by atoms with Gasteiger partial charge in [-0.15, -0.1) is 0 Å². The van der Waals surface area contributed by atoms with Gasteiger partial charge in [-0.3, -0.25) is 0 Å².